The lowest BCUT2D eigenvalue weighted by atomic mass is 10.1. The van der Waals surface area contributed by atoms with Gasteiger partial charge in [-0.25, -0.2) is 4.98 Å². The van der Waals surface area contributed by atoms with Gasteiger partial charge in [-0.15, -0.1) is 0 Å². The number of anilines is 5. The molecule has 7 nitrogen and oxygen atoms in total. The summed E-state index contributed by atoms with van der Waals surface area (Å²) in [6.07, 6.45) is 0.292. The molecule has 2 unspecified atom stereocenters. The van der Waals surface area contributed by atoms with E-state index in [1.54, 1.807) is 18.0 Å². The molecule has 0 spiro atoms. The minimum Gasteiger partial charge on any atom is -0.389 e. The van der Waals surface area contributed by atoms with Crippen LogP contribution in [0.25, 0.3) is 0 Å². The van der Waals surface area contributed by atoms with Gasteiger partial charge in [-0.3, -0.25) is 0 Å². The van der Waals surface area contributed by atoms with Crippen LogP contribution in [0.15, 0.2) is 54.7 Å². The van der Waals surface area contributed by atoms with Gasteiger partial charge in [-0.1, -0.05) is 36.4 Å². The van der Waals surface area contributed by atoms with Gasteiger partial charge in [0.05, 0.1) is 12.3 Å². The summed E-state index contributed by atoms with van der Waals surface area (Å²) in [6, 6.07) is 15.2. The second-order valence-corrected chi connectivity index (χ2v) is 6.89. The third-order valence-corrected chi connectivity index (χ3v) is 5.05. The van der Waals surface area contributed by atoms with E-state index in [9.17, 15) is 10.2 Å². The summed E-state index contributed by atoms with van der Waals surface area (Å²) >= 11 is 0. The van der Waals surface area contributed by atoms with Gasteiger partial charge in [0.25, 0.3) is 0 Å². The van der Waals surface area contributed by atoms with Crippen molar-refractivity contribution in [3.8, 4) is 0 Å². The number of aliphatic hydroxyl groups is 2. The Kier molecular flexibility index (Phi) is 4.62. The smallest absolute Gasteiger partial charge is 0.229 e. The van der Waals surface area contributed by atoms with Gasteiger partial charge in [0.15, 0.2) is 12.0 Å². The average Bonchev–Trinajstić information content (AvgIpc) is 2.79. The van der Waals surface area contributed by atoms with E-state index in [2.05, 4.69) is 10.3 Å². The monoisotopic (exact) mass is 377 g/mol. The molecule has 2 heterocycles. The number of aliphatic hydroxyl groups excluding tert-OH is 2. The van der Waals surface area contributed by atoms with Crippen LogP contribution in [0.4, 0.5) is 28.8 Å². The van der Waals surface area contributed by atoms with Gasteiger partial charge in [0, 0.05) is 36.6 Å². The molecule has 1 aliphatic heterocycles. The Hall–Kier alpha value is -3.16. The first-order valence-electron chi connectivity index (χ1n) is 9.12. The molecule has 144 valence electrons. The molecule has 0 aliphatic carbocycles. The van der Waals surface area contributed by atoms with E-state index in [0.29, 0.717) is 11.8 Å². The van der Waals surface area contributed by atoms with Crippen molar-refractivity contribution in [1.29, 1.82) is 0 Å². The Labute approximate surface area is 163 Å². The van der Waals surface area contributed by atoms with Crippen molar-refractivity contribution in [2.45, 2.75) is 19.3 Å². The molecule has 2 aromatic carbocycles. The second-order valence-electron chi connectivity index (χ2n) is 6.89. The lowest BCUT2D eigenvalue weighted by molar-refractivity contribution is 0.179. The molecular weight excluding hydrogens is 354 g/mol. The van der Waals surface area contributed by atoms with Crippen molar-refractivity contribution in [1.82, 2.24) is 9.97 Å². The molecule has 2 atom stereocenters. The number of para-hydroxylation sites is 2. The molecule has 1 aromatic heterocycles. The van der Waals surface area contributed by atoms with Gasteiger partial charge < -0.3 is 25.3 Å². The molecule has 0 saturated carbocycles. The molecule has 0 amide bonds. The van der Waals surface area contributed by atoms with E-state index in [0.717, 1.165) is 28.2 Å². The molecule has 0 bridgehead atoms. The number of aromatic nitrogens is 2. The predicted octanol–water partition coefficient (Wildman–Crippen LogP) is 3.48. The number of benzene rings is 2. The fraction of sp³-hybridized carbons (Fsp3) is 0.238. The maximum Gasteiger partial charge on any atom is 0.229 e. The van der Waals surface area contributed by atoms with E-state index >= 15 is 0 Å². The van der Waals surface area contributed by atoms with Crippen LogP contribution in [-0.4, -0.2) is 34.3 Å². The van der Waals surface area contributed by atoms with Crippen LogP contribution in [0.2, 0.25) is 0 Å². The third-order valence-electron chi connectivity index (χ3n) is 5.05. The standard InChI is InChI=1S/C21H23N5O2/c1-13(27)14-8-4-6-10-16(14)23-21-22-12-18-19(24-21)25(2)17-11-7-5-9-15(17)20(28)26(18)3/h4-13,20,27-28H,1-3H3,(H,22,23,24). The Balaban J connectivity index is 1.77. The molecule has 0 saturated heterocycles. The zero-order valence-corrected chi connectivity index (χ0v) is 16.0. The first kappa shape index (κ1) is 18.2. The van der Waals surface area contributed by atoms with Crippen molar-refractivity contribution >= 4 is 28.8 Å². The highest BCUT2D eigenvalue weighted by molar-refractivity contribution is 5.78. The van der Waals surface area contributed by atoms with E-state index in [4.69, 9.17) is 4.98 Å². The summed E-state index contributed by atoms with van der Waals surface area (Å²) in [5.41, 5.74) is 3.93. The lowest BCUT2D eigenvalue weighted by Crippen LogP contribution is -2.23. The fourth-order valence-electron chi connectivity index (χ4n) is 3.48. The van der Waals surface area contributed by atoms with Gasteiger partial charge in [0.1, 0.15) is 5.69 Å². The van der Waals surface area contributed by atoms with Gasteiger partial charge in [0.2, 0.25) is 5.95 Å². The molecule has 28 heavy (non-hydrogen) atoms. The Morgan fingerprint density at radius 3 is 2.54 bits per heavy atom. The van der Waals surface area contributed by atoms with E-state index in [1.807, 2.05) is 67.5 Å². The summed E-state index contributed by atoms with van der Waals surface area (Å²) in [7, 11) is 3.74. The van der Waals surface area contributed by atoms with Crippen LogP contribution in [-0.2, 0) is 0 Å². The first-order valence-corrected chi connectivity index (χ1v) is 9.12. The molecular formula is C21H23N5O2. The summed E-state index contributed by atoms with van der Waals surface area (Å²) in [5, 5.41) is 24.0. The highest BCUT2D eigenvalue weighted by Crippen LogP contribution is 2.42. The topological polar surface area (TPSA) is 84.8 Å². The summed E-state index contributed by atoms with van der Waals surface area (Å²) in [5.74, 6) is 1.10. The Morgan fingerprint density at radius 1 is 1.04 bits per heavy atom. The van der Waals surface area contributed by atoms with Crippen molar-refractivity contribution in [2.24, 2.45) is 0 Å². The number of nitrogens with one attached hydrogen (secondary N) is 1. The quantitative estimate of drug-likeness (QED) is 0.644. The minimum absolute atomic E-state index is 0.418. The van der Waals surface area contributed by atoms with Crippen LogP contribution in [0.3, 0.4) is 0 Å². The molecule has 3 N–H and O–H groups in total. The van der Waals surface area contributed by atoms with E-state index in [-0.39, 0.29) is 0 Å². The minimum atomic E-state index is -0.793. The number of hydrogen-bond acceptors (Lipinski definition) is 7. The number of fused-ring (bicyclic) bond motifs is 2. The van der Waals surface area contributed by atoms with Crippen molar-refractivity contribution in [3.63, 3.8) is 0 Å². The summed E-state index contributed by atoms with van der Waals surface area (Å²) in [4.78, 5) is 12.8. The number of rotatable bonds is 3. The van der Waals surface area contributed by atoms with Crippen LogP contribution < -0.4 is 15.1 Å². The Bertz CT molecular complexity index is 1010. The van der Waals surface area contributed by atoms with Crippen molar-refractivity contribution in [3.05, 3.63) is 65.9 Å². The largest absolute Gasteiger partial charge is 0.389 e. The van der Waals surface area contributed by atoms with Crippen LogP contribution >= 0.6 is 0 Å². The van der Waals surface area contributed by atoms with Crippen molar-refractivity contribution < 1.29 is 10.2 Å². The molecule has 4 rings (SSSR count). The molecule has 1 aliphatic rings. The highest BCUT2D eigenvalue weighted by atomic mass is 16.3. The van der Waals surface area contributed by atoms with Crippen LogP contribution in [0.1, 0.15) is 30.4 Å². The summed E-state index contributed by atoms with van der Waals surface area (Å²) in [6.45, 7) is 1.72. The SMILES string of the molecule is CC(O)c1ccccc1Nc1ncc2c(n1)N(C)c1ccccc1C(O)N2C. The lowest BCUT2D eigenvalue weighted by Gasteiger charge is -2.24. The fourth-order valence-corrected chi connectivity index (χ4v) is 3.48. The van der Waals surface area contributed by atoms with Gasteiger partial charge in [-0.2, -0.15) is 4.98 Å². The zero-order chi connectivity index (χ0) is 19.8. The van der Waals surface area contributed by atoms with Crippen LogP contribution in [0.5, 0.6) is 0 Å². The van der Waals surface area contributed by atoms with E-state index in [1.165, 1.54) is 0 Å². The van der Waals surface area contributed by atoms with Gasteiger partial charge >= 0.3 is 0 Å². The van der Waals surface area contributed by atoms with Crippen LogP contribution in [0, 0.1) is 0 Å². The average molecular weight is 377 g/mol. The molecule has 0 radical (unpaired) electrons. The Morgan fingerprint density at radius 2 is 1.75 bits per heavy atom. The first-order chi connectivity index (χ1) is 13.5. The normalized spacial score (nSPS) is 16.8. The number of nitrogens with zero attached hydrogens (tertiary/aromatic N) is 4. The van der Waals surface area contributed by atoms with Crippen molar-refractivity contribution in [2.75, 3.05) is 29.2 Å². The molecule has 0 fully saturated rings. The summed E-state index contributed by atoms with van der Waals surface area (Å²) < 4.78 is 0. The zero-order valence-electron chi connectivity index (χ0n) is 16.0. The van der Waals surface area contributed by atoms with Gasteiger partial charge in [-0.05, 0) is 19.1 Å². The molecule has 3 aromatic rings. The maximum absolute atomic E-state index is 10.8. The maximum atomic E-state index is 10.8. The highest BCUT2D eigenvalue weighted by Gasteiger charge is 2.28. The number of hydrogen-bond donors (Lipinski definition) is 3. The second kappa shape index (κ2) is 7.10. The third kappa shape index (κ3) is 3.04. The molecule has 7 heteroatoms. The van der Waals surface area contributed by atoms with E-state index < -0.39 is 12.3 Å². The predicted molar refractivity (Wildman–Crippen MR) is 110 cm³/mol.